The minimum Gasteiger partial charge on any atom is -0.496 e. The van der Waals surface area contributed by atoms with Crippen molar-refractivity contribution >= 4 is 5.97 Å². The fourth-order valence-corrected chi connectivity index (χ4v) is 2.44. The van der Waals surface area contributed by atoms with Crippen LogP contribution < -0.4 is 4.74 Å². The molecule has 0 fully saturated rings. The summed E-state index contributed by atoms with van der Waals surface area (Å²) in [4.78, 5) is 14.0. The predicted molar refractivity (Wildman–Crippen MR) is 75.2 cm³/mol. The summed E-state index contributed by atoms with van der Waals surface area (Å²) in [6.45, 7) is 1.99. The molecule has 1 aromatic rings. The van der Waals surface area contributed by atoms with Crippen molar-refractivity contribution in [3.63, 3.8) is 0 Å². The fraction of sp³-hybridized carbons (Fsp3) is 0.533. The Hall–Kier alpha value is -1.55. The molecule has 4 nitrogen and oxygen atoms in total. The number of ether oxygens (including phenoxy) is 2. The van der Waals surface area contributed by atoms with Gasteiger partial charge >= 0.3 is 5.97 Å². The summed E-state index contributed by atoms with van der Waals surface area (Å²) in [5.41, 5.74) is 1.01. The summed E-state index contributed by atoms with van der Waals surface area (Å²) in [6, 6.07) is 7.73. The Labute approximate surface area is 115 Å². The minimum absolute atomic E-state index is 0.0615. The van der Waals surface area contributed by atoms with Crippen molar-refractivity contribution in [1.82, 2.24) is 4.90 Å². The molecule has 0 aliphatic rings. The van der Waals surface area contributed by atoms with E-state index in [0.29, 0.717) is 6.42 Å². The highest BCUT2D eigenvalue weighted by Gasteiger charge is 2.32. The zero-order valence-electron chi connectivity index (χ0n) is 12.3. The summed E-state index contributed by atoms with van der Waals surface area (Å²) < 4.78 is 10.3. The number of para-hydroxylation sites is 1. The Morgan fingerprint density at radius 1 is 1.26 bits per heavy atom. The van der Waals surface area contributed by atoms with E-state index >= 15 is 0 Å². The molecular weight excluding hydrogens is 242 g/mol. The maximum atomic E-state index is 12.0. The van der Waals surface area contributed by atoms with Gasteiger partial charge in [0.15, 0.2) is 0 Å². The summed E-state index contributed by atoms with van der Waals surface area (Å²) in [5, 5.41) is 0. The van der Waals surface area contributed by atoms with E-state index in [-0.39, 0.29) is 17.9 Å². The van der Waals surface area contributed by atoms with Gasteiger partial charge < -0.3 is 14.4 Å². The van der Waals surface area contributed by atoms with Crippen molar-refractivity contribution < 1.29 is 14.3 Å². The Morgan fingerprint density at radius 2 is 1.89 bits per heavy atom. The molecule has 106 valence electrons. The van der Waals surface area contributed by atoms with Crippen LogP contribution in [0.25, 0.3) is 0 Å². The molecule has 0 N–H and O–H groups in total. The normalized spacial score (nSPS) is 14.0. The summed E-state index contributed by atoms with van der Waals surface area (Å²) >= 11 is 0. The van der Waals surface area contributed by atoms with Crippen molar-refractivity contribution in [2.45, 2.75) is 19.4 Å². The largest absolute Gasteiger partial charge is 0.496 e. The molecule has 0 aliphatic heterocycles. The highest BCUT2D eigenvalue weighted by Crippen LogP contribution is 2.35. The van der Waals surface area contributed by atoms with E-state index in [4.69, 9.17) is 9.47 Å². The van der Waals surface area contributed by atoms with Crippen LogP contribution in [0.2, 0.25) is 0 Å². The third-order valence-electron chi connectivity index (χ3n) is 3.34. The maximum absolute atomic E-state index is 12.0. The molecule has 0 saturated carbocycles. The number of methoxy groups -OCH3 is 2. The van der Waals surface area contributed by atoms with E-state index in [1.54, 1.807) is 7.11 Å². The maximum Gasteiger partial charge on any atom is 0.310 e. The van der Waals surface area contributed by atoms with Gasteiger partial charge in [-0.05, 0) is 26.6 Å². The lowest BCUT2D eigenvalue weighted by Gasteiger charge is -2.31. The molecule has 0 bridgehead atoms. The molecule has 19 heavy (non-hydrogen) atoms. The Bertz CT molecular complexity index is 418. The highest BCUT2D eigenvalue weighted by molar-refractivity contribution is 5.73. The number of nitrogens with zero attached hydrogens (tertiary/aromatic N) is 1. The first-order valence-electron chi connectivity index (χ1n) is 6.43. The van der Waals surface area contributed by atoms with Gasteiger partial charge in [-0.15, -0.1) is 0 Å². The molecule has 2 unspecified atom stereocenters. The average molecular weight is 265 g/mol. The number of esters is 1. The molecule has 0 saturated heterocycles. The number of carbonyl (C=O) groups excluding carboxylic acids is 1. The van der Waals surface area contributed by atoms with Gasteiger partial charge in [0.2, 0.25) is 0 Å². The van der Waals surface area contributed by atoms with Crippen molar-refractivity contribution in [3.05, 3.63) is 29.8 Å². The molecule has 0 spiro atoms. The third kappa shape index (κ3) is 3.47. The van der Waals surface area contributed by atoms with Crippen LogP contribution in [0.5, 0.6) is 5.75 Å². The number of carbonyl (C=O) groups is 1. The lowest BCUT2D eigenvalue weighted by molar-refractivity contribution is -0.148. The minimum atomic E-state index is -0.212. The number of hydrogen-bond acceptors (Lipinski definition) is 4. The predicted octanol–water partition coefficient (Wildman–Crippen LogP) is 2.50. The van der Waals surface area contributed by atoms with Crippen LogP contribution in [0.4, 0.5) is 0 Å². The Morgan fingerprint density at radius 3 is 2.37 bits per heavy atom. The standard InChI is InChI=1S/C15H23NO3/c1-6-11(15(17)19-5)14(16(2)3)12-9-7-8-10-13(12)18-4/h7-11,14H,6H2,1-5H3. The van der Waals surface area contributed by atoms with E-state index in [1.165, 1.54) is 7.11 Å². The van der Waals surface area contributed by atoms with Crippen LogP contribution in [0.15, 0.2) is 24.3 Å². The van der Waals surface area contributed by atoms with Crippen LogP contribution >= 0.6 is 0 Å². The molecule has 0 amide bonds. The van der Waals surface area contributed by atoms with E-state index in [0.717, 1.165) is 11.3 Å². The lowest BCUT2D eigenvalue weighted by atomic mass is 9.89. The van der Waals surface area contributed by atoms with Crippen molar-refractivity contribution in [2.24, 2.45) is 5.92 Å². The monoisotopic (exact) mass is 265 g/mol. The topological polar surface area (TPSA) is 38.8 Å². The molecule has 4 heteroatoms. The summed E-state index contributed by atoms with van der Waals surface area (Å²) in [5.74, 6) is 0.395. The van der Waals surface area contributed by atoms with Gasteiger partial charge in [-0.1, -0.05) is 25.1 Å². The lowest BCUT2D eigenvalue weighted by Crippen LogP contribution is -2.33. The number of rotatable bonds is 6. The first-order valence-corrected chi connectivity index (χ1v) is 6.43. The van der Waals surface area contributed by atoms with Crippen LogP contribution in [0.1, 0.15) is 24.9 Å². The van der Waals surface area contributed by atoms with Crippen LogP contribution in [-0.4, -0.2) is 39.2 Å². The Balaban J connectivity index is 3.22. The second kappa shape index (κ2) is 7.14. The third-order valence-corrected chi connectivity index (χ3v) is 3.34. The summed E-state index contributed by atoms with van der Waals surface area (Å²) in [6.07, 6.45) is 0.716. The SMILES string of the molecule is CCC(C(=O)OC)C(c1ccccc1OC)N(C)C. The second-order valence-corrected chi connectivity index (χ2v) is 4.69. The second-order valence-electron chi connectivity index (χ2n) is 4.69. The molecule has 1 rings (SSSR count). The van der Waals surface area contributed by atoms with Gasteiger partial charge in [-0.25, -0.2) is 0 Å². The van der Waals surface area contributed by atoms with E-state index in [2.05, 4.69) is 0 Å². The quantitative estimate of drug-likeness (QED) is 0.741. The van der Waals surface area contributed by atoms with E-state index in [1.807, 2.05) is 50.2 Å². The number of hydrogen-bond donors (Lipinski definition) is 0. The smallest absolute Gasteiger partial charge is 0.310 e. The zero-order valence-corrected chi connectivity index (χ0v) is 12.3. The van der Waals surface area contributed by atoms with Gasteiger partial charge in [-0.3, -0.25) is 4.79 Å². The molecule has 0 aliphatic carbocycles. The van der Waals surface area contributed by atoms with Gasteiger partial charge in [0.05, 0.1) is 26.2 Å². The van der Waals surface area contributed by atoms with Crippen molar-refractivity contribution in [3.8, 4) is 5.75 Å². The van der Waals surface area contributed by atoms with Gasteiger partial charge in [0.1, 0.15) is 5.75 Å². The van der Waals surface area contributed by atoms with Crippen molar-refractivity contribution in [2.75, 3.05) is 28.3 Å². The first-order chi connectivity index (χ1) is 9.06. The fourth-order valence-electron chi connectivity index (χ4n) is 2.44. The van der Waals surface area contributed by atoms with Gasteiger partial charge in [0.25, 0.3) is 0 Å². The molecule has 2 atom stereocenters. The first kappa shape index (κ1) is 15.5. The molecule has 1 aromatic carbocycles. The van der Waals surface area contributed by atoms with Crippen LogP contribution in [0.3, 0.4) is 0 Å². The van der Waals surface area contributed by atoms with E-state index < -0.39 is 0 Å². The van der Waals surface area contributed by atoms with Crippen LogP contribution in [-0.2, 0) is 9.53 Å². The number of benzene rings is 1. The van der Waals surface area contributed by atoms with Crippen LogP contribution in [0, 0.1) is 5.92 Å². The Kier molecular flexibility index (Phi) is 5.83. The van der Waals surface area contributed by atoms with Gasteiger partial charge in [0, 0.05) is 5.56 Å². The van der Waals surface area contributed by atoms with Gasteiger partial charge in [-0.2, -0.15) is 0 Å². The molecule has 0 heterocycles. The molecular formula is C15H23NO3. The zero-order chi connectivity index (χ0) is 14.4. The van der Waals surface area contributed by atoms with E-state index in [9.17, 15) is 4.79 Å². The highest BCUT2D eigenvalue weighted by atomic mass is 16.5. The average Bonchev–Trinajstić information content (AvgIpc) is 2.43. The molecule has 0 aromatic heterocycles. The van der Waals surface area contributed by atoms with Crippen molar-refractivity contribution in [1.29, 1.82) is 0 Å². The molecule has 0 radical (unpaired) electrons. The summed E-state index contributed by atoms with van der Waals surface area (Å²) in [7, 11) is 7.00.